The third-order valence-corrected chi connectivity index (χ3v) is 3.65. The van der Waals surface area contributed by atoms with Gasteiger partial charge in [-0.05, 0) is 11.6 Å². The second kappa shape index (κ2) is 4.84. The van der Waals surface area contributed by atoms with Crippen molar-refractivity contribution in [2.45, 2.75) is 0 Å². The van der Waals surface area contributed by atoms with Crippen LogP contribution < -0.4 is 5.44 Å². The van der Waals surface area contributed by atoms with Crippen LogP contribution in [-0.4, -0.2) is 29.1 Å². The van der Waals surface area contributed by atoms with Crippen molar-refractivity contribution in [1.29, 1.82) is 0 Å². The van der Waals surface area contributed by atoms with E-state index in [0.29, 0.717) is 0 Å². The number of halogens is 1. The molecule has 8 nitrogen and oxygen atoms in total. The number of rotatable bonds is 4. The SMILES string of the molecule is COP(=O)(OC)c1nc(Cl)ncc1[N+](=O)[O-]. The molecular formula is C6H7ClN3O5P. The minimum absolute atomic E-state index is 0.282. The average Bonchev–Trinajstić information content (AvgIpc) is 2.27. The van der Waals surface area contributed by atoms with Crippen LogP contribution in [0.1, 0.15) is 0 Å². The summed E-state index contributed by atoms with van der Waals surface area (Å²) < 4.78 is 21.1. The van der Waals surface area contributed by atoms with E-state index in [-0.39, 0.29) is 5.28 Å². The predicted octanol–water partition coefficient (Wildman–Crippen LogP) is 1.15. The summed E-state index contributed by atoms with van der Waals surface area (Å²) >= 11 is 5.46. The molecule has 0 aliphatic rings. The van der Waals surface area contributed by atoms with Crippen molar-refractivity contribution >= 4 is 30.3 Å². The Morgan fingerprint density at radius 2 is 2.06 bits per heavy atom. The lowest BCUT2D eigenvalue weighted by Crippen LogP contribution is -2.17. The summed E-state index contributed by atoms with van der Waals surface area (Å²) in [7, 11) is -1.65. The summed E-state index contributed by atoms with van der Waals surface area (Å²) in [6.07, 6.45) is 0.843. The van der Waals surface area contributed by atoms with Gasteiger partial charge < -0.3 is 9.05 Å². The van der Waals surface area contributed by atoms with Crippen molar-refractivity contribution in [1.82, 2.24) is 9.97 Å². The van der Waals surface area contributed by atoms with Gasteiger partial charge in [0, 0.05) is 14.2 Å². The highest BCUT2D eigenvalue weighted by Crippen LogP contribution is 2.46. The van der Waals surface area contributed by atoms with Gasteiger partial charge >= 0.3 is 13.3 Å². The zero-order chi connectivity index (χ0) is 12.3. The fourth-order valence-electron chi connectivity index (χ4n) is 0.923. The Morgan fingerprint density at radius 3 is 2.50 bits per heavy atom. The molecular weight excluding hydrogens is 261 g/mol. The van der Waals surface area contributed by atoms with Crippen molar-refractivity contribution < 1.29 is 18.5 Å². The highest BCUT2D eigenvalue weighted by atomic mass is 35.5. The fourth-order valence-corrected chi connectivity index (χ4v) is 2.25. The van der Waals surface area contributed by atoms with E-state index in [0.717, 1.165) is 20.4 Å². The van der Waals surface area contributed by atoms with Gasteiger partial charge in [0.1, 0.15) is 6.20 Å². The van der Waals surface area contributed by atoms with E-state index in [1.165, 1.54) is 0 Å². The maximum Gasteiger partial charge on any atom is 0.386 e. The van der Waals surface area contributed by atoms with Gasteiger partial charge in [-0.25, -0.2) is 9.97 Å². The summed E-state index contributed by atoms with van der Waals surface area (Å²) in [6.45, 7) is 0. The van der Waals surface area contributed by atoms with Crippen LogP contribution in [0.3, 0.4) is 0 Å². The first kappa shape index (κ1) is 13.0. The van der Waals surface area contributed by atoms with Crippen molar-refractivity contribution in [2.75, 3.05) is 14.2 Å². The van der Waals surface area contributed by atoms with Gasteiger partial charge in [-0.2, -0.15) is 0 Å². The molecule has 0 bridgehead atoms. The van der Waals surface area contributed by atoms with E-state index >= 15 is 0 Å². The van der Waals surface area contributed by atoms with Gasteiger partial charge in [-0.15, -0.1) is 0 Å². The van der Waals surface area contributed by atoms with Crippen LogP contribution in [0.2, 0.25) is 5.28 Å². The van der Waals surface area contributed by atoms with Gasteiger partial charge in [-0.3, -0.25) is 14.7 Å². The van der Waals surface area contributed by atoms with E-state index in [1.54, 1.807) is 0 Å². The van der Waals surface area contributed by atoms with E-state index in [4.69, 9.17) is 11.6 Å². The Bertz CT molecular complexity index is 459. The molecule has 0 amide bonds. The number of nitro groups is 1. The van der Waals surface area contributed by atoms with Crippen LogP contribution in [-0.2, 0) is 13.6 Å². The van der Waals surface area contributed by atoms with Crippen LogP contribution in [0, 0.1) is 10.1 Å². The van der Waals surface area contributed by atoms with Crippen molar-refractivity contribution in [2.24, 2.45) is 0 Å². The van der Waals surface area contributed by atoms with Gasteiger partial charge in [0.25, 0.3) is 0 Å². The van der Waals surface area contributed by atoms with Crippen LogP contribution >= 0.6 is 19.2 Å². The summed E-state index contributed by atoms with van der Waals surface area (Å²) in [5, 5.41) is 10.4. The van der Waals surface area contributed by atoms with Gasteiger partial charge in [0.05, 0.1) is 4.92 Å². The number of hydrogen-bond donors (Lipinski definition) is 0. The number of nitrogens with zero attached hydrogens (tertiary/aromatic N) is 3. The third kappa shape index (κ3) is 2.35. The Balaban J connectivity index is 3.46. The van der Waals surface area contributed by atoms with Crippen molar-refractivity contribution in [3.63, 3.8) is 0 Å². The second-order valence-corrected chi connectivity index (χ2v) is 4.95. The molecule has 0 saturated heterocycles. The topological polar surface area (TPSA) is 104 Å². The lowest BCUT2D eigenvalue weighted by Gasteiger charge is -2.12. The largest absolute Gasteiger partial charge is 0.386 e. The van der Waals surface area contributed by atoms with E-state index in [2.05, 4.69) is 19.0 Å². The van der Waals surface area contributed by atoms with Crippen LogP contribution in [0.25, 0.3) is 0 Å². The Kier molecular flexibility index (Phi) is 3.93. The van der Waals surface area contributed by atoms with Crippen molar-refractivity contribution in [3.8, 4) is 0 Å². The lowest BCUT2D eigenvalue weighted by atomic mass is 10.6. The molecule has 0 aromatic carbocycles. The summed E-state index contributed by atoms with van der Waals surface area (Å²) in [4.78, 5) is 16.8. The summed E-state index contributed by atoms with van der Waals surface area (Å²) in [6, 6.07) is 0. The summed E-state index contributed by atoms with van der Waals surface area (Å²) in [5.41, 5.74) is -1.04. The lowest BCUT2D eigenvalue weighted by molar-refractivity contribution is -0.384. The first-order valence-corrected chi connectivity index (χ1v) is 5.75. The normalized spacial score (nSPS) is 11.4. The Morgan fingerprint density at radius 1 is 1.50 bits per heavy atom. The zero-order valence-corrected chi connectivity index (χ0v) is 9.94. The van der Waals surface area contributed by atoms with Crippen molar-refractivity contribution in [3.05, 3.63) is 21.6 Å². The van der Waals surface area contributed by atoms with Gasteiger partial charge in [0.2, 0.25) is 10.7 Å². The molecule has 10 heteroatoms. The van der Waals surface area contributed by atoms with Crippen LogP contribution in [0.5, 0.6) is 0 Å². The molecule has 0 fully saturated rings. The molecule has 0 aliphatic carbocycles. The smallest absolute Gasteiger partial charge is 0.307 e. The number of aromatic nitrogens is 2. The maximum absolute atomic E-state index is 11.9. The molecule has 1 aromatic heterocycles. The third-order valence-electron chi connectivity index (χ3n) is 1.66. The van der Waals surface area contributed by atoms with E-state index in [9.17, 15) is 14.7 Å². The molecule has 0 atom stereocenters. The molecule has 1 rings (SSSR count). The quantitative estimate of drug-likeness (QED) is 0.349. The van der Waals surface area contributed by atoms with Gasteiger partial charge in [0.15, 0.2) is 0 Å². The molecule has 1 aromatic rings. The monoisotopic (exact) mass is 267 g/mol. The molecule has 0 radical (unpaired) electrons. The van der Waals surface area contributed by atoms with E-state index in [1.807, 2.05) is 0 Å². The number of hydrogen-bond acceptors (Lipinski definition) is 7. The highest BCUT2D eigenvalue weighted by Gasteiger charge is 2.36. The molecule has 0 N–H and O–H groups in total. The second-order valence-electron chi connectivity index (χ2n) is 2.47. The van der Waals surface area contributed by atoms with Crippen LogP contribution in [0.4, 0.5) is 5.69 Å². The first-order chi connectivity index (χ1) is 7.44. The highest BCUT2D eigenvalue weighted by molar-refractivity contribution is 7.62. The average molecular weight is 268 g/mol. The minimum Gasteiger partial charge on any atom is -0.307 e. The fraction of sp³-hybridized carbons (Fsp3) is 0.333. The minimum atomic E-state index is -3.83. The van der Waals surface area contributed by atoms with Gasteiger partial charge in [-0.1, -0.05) is 0 Å². The molecule has 0 saturated carbocycles. The standard InChI is InChI=1S/C6H7ClN3O5P/c1-14-16(13,15-2)5-4(10(11)12)3-8-6(7)9-5/h3H,1-2H3. The maximum atomic E-state index is 11.9. The Hall–Kier alpha value is -1.08. The molecule has 1 heterocycles. The molecule has 16 heavy (non-hydrogen) atoms. The van der Waals surface area contributed by atoms with Crippen LogP contribution in [0.15, 0.2) is 6.20 Å². The predicted molar refractivity (Wildman–Crippen MR) is 55.0 cm³/mol. The molecule has 88 valence electrons. The zero-order valence-electron chi connectivity index (χ0n) is 8.29. The summed E-state index contributed by atoms with van der Waals surface area (Å²) in [5.74, 6) is 0. The Labute approximate surface area is 95.2 Å². The first-order valence-electron chi connectivity index (χ1n) is 3.83. The molecule has 0 unspecified atom stereocenters. The molecule has 0 aliphatic heterocycles. The molecule has 0 spiro atoms. The van der Waals surface area contributed by atoms with E-state index < -0.39 is 23.6 Å².